The van der Waals surface area contributed by atoms with Crippen LogP contribution in [0.15, 0.2) is 61.2 Å². The summed E-state index contributed by atoms with van der Waals surface area (Å²) in [5.41, 5.74) is 1.01. The van der Waals surface area contributed by atoms with Gasteiger partial charge in [-0.05, 0) is 18.2 Å². The maximum atomic E-state index is 12.3. The van der Waals surface area contributed by atoms with Crippen LogP contribution in [-0.4, -0.2) is 21.3 Å². The van der Waals surface area contributed by atoms with Gasteiger partial charge in [-0.3, -0.25) is 9.59 Å². The van der Waals surface area contributed by atoms with E-state index in [1.807, 2.05) is 18.2 Å². The van der Waals surface area contributed by atoms with E-state index in [4.69, 9.17) is 23.2 Å². The van der Waals surface area contributed by atoms with Gasteiger partial charge in [0.1, 0.15) is 6.54 Å². The number of carbonyl (C=O) groups is 2. The van der Waals surface area contributed by atoms with E-state index in [1.54, 1.807) is 35.2 Å². The monoisotopic (exact) mass is 453 g/mol. The Labute approximate surface area is 170 Å². The Balaban J connectivity index is 0.00000243. The van der Waals surface area contributed by atoms with Crippen molar-refractivity contribution in [2.24, 2.45) is 0 Å². The highest BCUT2D eigenvalue weighted by molar-refractivity contribution is 6.36. The van der Waals surface area contributed by atoms with Crippen molar-refractivity contribution in [3.05, 3.63) is 82.4 Å². The molecule has 3 aromatic rings. The molecule has 0 amide bonds. The maximum Gasteiger partial charge on any atom is 0.265 e. The fourth-order valence-electron chi connectivity index (χ4n) is 2.36. The number of aromatic nitrogens is 3. The van der Waals surface area contributed by atoms with Crippen molar-refractivity contribution in [1.82, 2.24) is 9.78 Å². The number of halogens is 3. The van der Waals surface area contributed by atoms with E-state index in [1.165, 1.54) is 17.1 Å². The minimum Gasteiger partial charge on any atom is -1.00 e. The fraction of sp³-hybridized carbons (Fsp3) is 0.111. The van der Waals surface area contributed by atoms with Crippen molar-refractivity contribution < 1.29 is 31.1 Å². The molecule has 1 aromatic heterocycles. The van der Waals surface area contributed by atoms with Crippen molar-refractivity contribution in [2.45, 2.75) is 13.1 Å². The van der Waals surface area contributed by atoms with Crippen molar-refractivity contribution in [2.75, 3.05) is 0 Å². The van der Waals surface area contributed by atoms with Crippen LogP contribution in [0.1, 0.15) is 20.7 Å². The van der Waals surface area contributed by atoms with Crippen LogP contribution in [-0.2, 0) is 13.1 Å². The molecule has 1 heterocycles. The van der Waals surface area contributed by atoms with Crippen LogP contribution in [0.2, 0.25) is 10.0 Å². The Kier molecular flexibility index (Phi) is 7.08. The molecular weight excluding hydrogens is 441 g/mol. The Morgan fingerprint density at radius 3 is 2.46 bits per heavy atom. The molecule has 0 N–H and O–H groups in total. The molecule has 134 valence electrons. The molecule has 8 heteroatoms. The van der Waals surface area contributed by atoms with Gasteiger partial charge in [-0.15, -0.1) is 4.68 Å². The highest BCUT2D eigenvalue weighted by Gasteiger charge is 2.17. The summed E-state index contributed by atoms with van der Waals surface area (Å²) in [5, 5.41) is 4.90. The highest BCUT2D eigenvalue weighted by atomic mass is 79.9. The third-order valence-electron chi connectivity index (χ3n) is 3.59. The van der Waals surface area contributed by atoms with Gasteiger partial charge in [0.05, 0.1) is 5.02 Å². The summed E-state index contributed by atoms with van der Waals surface area (Å²) in [5.74, 6) is -0.219. The van der Waals surface area contributed by atoms with E-state index >= 15 is 0 Å². The topological polar surface area (TPSA) is 55.8 Å². The summed E-state index contributed by atoms with van der Waals surface area (Å²) >= 11 is 11.9. The lowest BCUT2D eigenvalue weighted by Crippen LogP contribution is -3.00. The summed E-state index contributed by atoms with van der Waals surface area (Å²) in [6.45, 7) is 0.174. The van der Waals surface area contributed by atoms with Gasteiger partial charge in [0.15, 0.2) is 18.1 Å². The summed E-state index contributed by atoms with van der Waals surface area (Å²) in [4.78, 5) is 24.5. The van der Waals surface area contributed by atoms with Gasteiger partial charge in [-0.25, -0.2) is 4.57 Å². The lowest BCUT2D eigenvalue weighted by atomic mass is 10.1. The SMILES string of the molecule is O=C(Cn1c[n+](CC(=O)c2ccc(Cl)cc2Cl)cn1)c1ccccc1.[Br-]. The van der Waals surface area contributed by atoms with E-state index in [2.05, 4.69) is 5.10 Å². The third kappa shape index (κ3) is 5.00. The number of nitrogens with zero attached hydrogens (tertiary/aromatic N) is 3. The Bertz CT molecular complexity index is 929. The van der Waals surface area contributed by atoms with Gasteiger partial charge in [0, 0.05) is 21.2 Å². The average molecular weight is 455 g/mol. The molecule has 0 spiro atoms. The zero-order chi connectivity index (χ0) is 17.8. The maximum absolute atomic E-state index is 12.3. The molecule has 0 saturated heterocycles. The number of benzene rings is 2. The van der Waals surface area contributed by atoms with E-state index in [9.17, 15) is 9.59 Å². The molecule has 0 fully saturated rings. The molecule has 0 bridgehead atoms. The smallest absolute Gasteiger partial charge is 0.265 e. The van der Waals surface area contributed by atoms with Crippen LogP contribution in [0.4, 0.5) is 0 Å². The molecule has 0 aliphatic carbocycles. The van der Waals surface area contributed by atoms with Crippen molar-refractivity contribution in [1.29, 1.82) is 0 Å². The second-order valence-electron chi connectivity index (χ2n) is 5.45. The molecule has 5 nitrogen and oxygen atoms in total. The molecule has 3 rings (SSSR count). The first-order valence-electron chi connectivity index (χ1n) is 7.51. The quantitative estimate of drug-likeness (QED) is 0.396. The van der Waals surface area contributed by atoms with Crippen molar-refractivity contribution in [3.8, 4) is 0 Å². The summed E-state index contributed by atoms with van der Waals surface area (Å²) in [7, 11) is 0. The molecule has 26 heavy (non-hydrogen) atoms. The van der Waals surface area contributed by atoms with Gasteiger partial charge in [-0.1, -0.05) is 53.5 Å². The predicted molar refractivity (Wildman–Crippen MR) is 94.0 cm³/mol. The van der Waals surface area contributed by atoms with Gasteiger partial charge in [0.2, 0.25) is 6.33 Å². The zero-order valence-corrected chi connectivity index (χ0v) is 16.6. The van der Waals surface area contributed by atoms with Crippen LogP contribution < -0.4 is 21.5 Å². The van der Waals surface area contributed by atoms with E-state index in [-0.39, 0.29) is 41.6 Å². The number of carbonyl (C=O) groups excluding carboxylic acids is 2. The van der Waals surface area contributed by atoms with Crippen LogP contribution in [0.3, 0.4) is 0 Å². The van der Waals surface area contributed by atoms with Gasteiger partial charge < -0.3 is 17.0 Å². The molecule has 0 aliphatic rings. The van der Waals surface area contributed by atoms with Gasteiger partial charge in [-0.2, -0.15) is 0 Å². The average Bonchev–Trinajstić information content (AvgIpc) is 3.02. The number of Topliss-reactive ketones (excluding diaryl/α,β-unsaturated/α-hetero) is 2. The molecule has 0 aliphatic heterocycles. The van der Waals surface area contributed by atoms with Crippen molar-refractivity contribution >= 4 is 34.8 Å². The first-order valence-corrected chi connectivity index (χ1v) is 8.26. The van der Waals surface area contributed by atoms with E-state index in [0.29, 0.717) is 21.2 Å². The second-order valence-corrected chi connectivity index (χ2v) is 6.30. The standard InChI is InChI=1S/C18H14Cl2N3O2.BrH/c19-14-6-7-15(16(20)8-14)18(25)9-22-11-21-23(12-22)10-17(24)13-4-2-1-3-5-13;/h1-8,11-12H,9-10H2;1H/q+1;/p-1. The molecule has 0 atom stereocenters. The van der Waals surface area contributed by atoms with Crippen LogP contribution in [0.25, 0.3) is 0 Å². The molecule has 2 aromatic carbocycles. The molecular formula is C18H14BrCl2N3O2. The Morgan fingerprint density at radius 2 is 1.77 bits per heavy atom. The fourth-order valence-corrected chi connectivity index (χ4v) is 2.87. The van der Waals surface area contributed by atoms with Crippen LogP contribution in [0.5, 0.6) is 0 Å². The lowest BCUT2D eigenvalue weighted by molar-refractivity contribution is -0.683. The van der Waals surface area contributed by atoms with Crippen LogP contribution in [0, 0.1) is 0 Å². The molecule has 0 unspecified atom stereocenters. The number of ketones is 2. The largest absolute Gasteiger partial charge is 1.00 e. The Morgan fingerprint density at radius 1 is 1.04 bits per heavy atom. The van der Waals surface area contributed by atoms with Crippen LogP contribution >= 0.6 is 23.2 Å². The van der Waals surface area contributed by atoms with Gasteiger partial charge in [0.25, 0.3) is 6.33 Å². The van der Waals surface area contributed by atoms with Crippen molar-refractivity contribution in [3.63, 3.8) is 0 Å². The lowest BCUT2D eigenvalue weighted by Gasteiger charge is -2.02. The summed E-state index contributed by atoms with van der Waals surface area (Å²) in [6, 6.07) is 13.7. The highest BCUT2D eigenvalue weighted by Crippen LogP contribution is 2.21. The number of hydrogen-bond acceptors (Lipinski definition) is 3. The normalized spacial score (nSPS) is 10.2. The Hall–Kier alpha value is -2.02. The summed E-state index contributed by atoms with van der Waals surface area (Å²) in [6.07, 6.45) is 3.11. The molecule has 0 saturated carbocycles. The first-order chi connectivity index (χ1) is 12.0. The predicted octanol–water partition coefficient (Wildman–Crippen LogP) is 0.247. The number of rotatable bonds is 6. The zero-order valence-electron chi connectivity index (χ0n) is 13.5. The third-order valence-corrected chi connectivity index (χ3v) is 4.14. The second kappa shape index (κ2) is 9.07. The first kappa shape index (κ1) is 20.3. The van der Waals surface area contributed by atoms with Gasteiger partial charge >= 0.3 is 0 Å². The minimum absolute atomic E-state index is 0. The summed E-state index contributed by atoms with van der Waals surface area (Å²) < 4.78 is 3.09. The van der Waals surface area contributed by atoms with E-state index in [0.717, 1.165) is 0 Å². The minimum atomic E-state index is -0.166. The number of hydrogen-bond donors (Lipinski definition) is 0. The van der Waals surface area contributed by atoms with E-state index < -0.39 is 0 Å². The molecule has 0 radical (unpaired) electrons.